The fourth-order valence-corrected chi connectivity index (χ4v) is 3.96. The summed E-state index contributed by atoms with van der Waals surface area (Å²) in [6.07, 6.45) is 8.59. The number of nitrogens with one attached hydrogen (secondary N) is 1. The van der Waals surface area contributed by atoms with Crippen molar-refractivity contribution in [1.82, 2.24) is 5.32 Å². The molecule has 2 rings (SSSR count). The van der Waals surface area contributed by atoms with Gasteiger partial charge in [-0.25, -0.2) is 0 Å². The van der Waals surface area contributed by atoms with E-state index in [9.17, 15) is 0 Å². The highest BCUT2D eigenvalue weighted by molar-refractivity contribution is 5.10. The predicted molar refractivity (Wildman–Crippen MR) is 76.8 cm³/mol. The summed E-state index contributed by atoms with van der Waals surface area (Å²) >= 11 is 0. The van der Waals surface area contributed by atoms with Crippen molar-refractivity contribution in [1.29, 1.82) is 0 Å². The average Bonchev–Trinajstić information content (AvgIpc) is 2.88. The normalized spacial score (nSPS) is 33.3. The van der Waals surface area contributed by atoms with Crippen LogP contribution >= 0.6 is 0 Å². The number of hydrogen-bond acceptors (Lipinski definition) is 2. The Bertz CT molecular complexity index is 260. The van der Waals surface area contributed by atoms with E-state index in [2.05, 4.69) is 33.0 Å². The molecule has 0 aliphatic heterocycles. The van der Waals surface area contributed by atoms with Crippen LogP contribution in [0.15, 0.2) is 0 Å². The number of hydrogen-bond donors (Lipinski definition) is 1. The summed E-state index contributed by atoms with van der Waals surface area (Å²) < 4.78 is 5.97. The minimum absolute atomic E-state index is 0.484. The van der Waals surface area contributed by atoms with Crippen LogP contribution in [0.3, 0.4) is 0 Å². The Morgan fingerprint density at radius 3 is 2.44 bits per heavy atom. The molecule has 0 heterocycles. The molecule has 4 atom stereocenters. The molecule has 2 aliphatic rings. The smallest absolute Gasteiger partial charge is 0.0661 e. The molecule has 2 nitrogen and oxygen atoms in total. The summed E-state index contributed by atoms with van der Waals surface area (Å²) in [4.78, 5) is 0. The van der Waals surface area contributed by atoms with E-state index in [-0.39, 0.29) is 0 Å². The van der Waals surface area contributed by atoms with Crippen molar-refractivity contribution in [3.05, 3.63) is 0 Å². The number of rotatable bonds is 6. The molecule has 0 bridgehead atoms. The molecule has 18 heavy (non-hydrogen) atoms. The van der Waals surface area contributed by atoms with E-state index in [0.717, 1.165) is 12.5 Å². The van der Waals surface area contributed by atoms with Crippen LogP contribution < -0.4 is 5.32 Å². The zero-order chi connectivity index (χ0) is 13.2. The number of ether oxygens (including phenoxy) is 1. The first kappa shape index (κ1) is 14.3. The highest BCUT2D eigenvalue weighted by Crippen LogP contribution is 2.54. The quantitative estimate of drug-likeness (QED) is 0.778. The first-order chi connectivity index (χ1) is 8.64. The average molecular weight is 253 g/mol. The molecule has 0 aromatic carbocycles. The van der Waals surface area contributed by atoms with Gasteiger partial charge < -0.3 is 10.1 Å². The maximum Gasteiger partial charge on any atom is 0.0661 e. The van der Waals surface area contributed by atoms with Crippen molar-refractivity contribution < 1.29 is 4.74 Å². The second kappa shape index (κ2) is 5.92. The molecule has 1 N–H and O–H groups in total. The third-order valence-corrected chi connectivity index (χ3v) is 5.65. The van der Waals surface area contributed by atoms with Crippen molar-refractivity contribution in [3.63, 3.8) is 0 Å². The zero-order valence-electron chi connectivity index (χ0n) is 12.7. The van der Waals surface area contributed by atoms with Crippen molar-refractivity contribution in [2.24, 2.45) is 11.3 Å². The topological polar surface area (TPSA) is 21.3 Å². The summed E-state index contributed by atoms with van der Waals surface area (Å²) in [6, 6.07) is 1.35. The van der Waals surface area contributed by atoms with Crippen LogP contribution in [0.1, 0.15) is 66.2 Å². The monoisotopic (exact) mass is 253 g/mol. The van der Waals surface area contributed by atoms with E-state index < -0.39 is 0 Å². The lowest BCUT2D eigenvalue weighted by Crippen LogP contribution is -2.64. The van der Waals surface area contributed by atoms with Crippen LogP contribution in [0, 0.1) is 11.3 Å². The Labute approximate surface area is 113 Å². The lowest BCUT2D eigenvalue weighted by Gasteiger charge is -2.55. The van der Waals surface area contributed by atoms with Gasteiger partial charge in [-0.05, 0) is 39.0 Å². The van der Waals surface area contributed by atoms with Gasteiger partial charge in [-0.1, -0.05) is 33.1 Å². The summed E-state index contributed by atoms with van der Waals surface area (Å²) in [6.45, 7) is 10.0. The highest BCUT2D eigenvalue weighted by atomic mass is 16.5. The molecular weight excluding hydrogens is 222 g/mol. The van der Waals surface area contributed by atoms with Gasteiger partial charge in [0.15, 0.2) is 0 Å². The van der Waals surface area contributed by atoms with E-state index in [1.807, 2.05) is 0 Å². The minimum atomic E-state index is 0.484. The molecule has 2 fully saturated rings. The van der Waals surface area contributed by atoms with E-state index in [4.69, 9.17) is 4.74 Å². The lowest BCUT2D eigenvalue weighted by atomic mass is 9.60. The highest BCUT2D eigenvalue weighted by Gasteiger charge is 2.56. The van der Waals surface area contributed by atoms with Gasteiger partial charge >= 0.3 is 0 Å². The first-order valence-corrected chi connectivity index (χ1v) is 8.01. The van der Waals surface area contributed by atoms with Crippen LogP contribution in [0.5, 0.6) is 0 Å². The Kier molecular flexibility index (Phi) is 4.71. The van der Waals surface area contributed by atoms with E-state index in [1.165, 1.54) is 38.5 Å². The van der Waals surface area contributed by atoms with Crippen molar-refractivity contribution in [2.75, 3.05) is 6.61 Å². The predicted octanol–water partition coefficient (Wildman–Crippen LogP) is 3.75. The van der Waals surface area contributed by atoms with Crippen LogP contribution in [-0.4, -0.2) is 24.8 Å². The summed E-state index contributed by atoms with van der Waals surface area (Å²) in [5, 5.41) is 3.91. The molecule has 0 amide bonds. The SMILES string of the molecule is CCOC1CC(NC(C)C(C)CC)C12CCCC2. The second-order valence-electron chi connectivity index (χ2n) is 6.51. The van der Waals surface area contributed by atoms with Gasteiger partial charge in [0.2, 0.25) is 0 Å². The van der Waals surface area contributed by atoms with Crippen LogP contribution in [-0.2, 0) is 4.74 Å². The van der Waals surface area contributed by atoms with Gasteiger partial charge in [0.1, 0.15) is 0 Å². The Morgan fingerprint density at radius 1 is 1.22 bits per heavy atom. The standard InChI is InChI=1S/C16H31NO/c1-5-12(3)13(4)17-14-11-15(18-6-2)16(14)9-7-8-10-16/h12-15,17H,5-11H2,1-4H3. The largest absolute Gasteiger partial charge is 0.378 e. The molecule has 1 spiro atoms. The Balaban J connectivity index is 1.93. The van der Waals surface area contributed by atoms with Crippen molar-refractivity contribution in [2.45, 2.75) is 84.4 Å². The summed E-state index contributed by atoms with van der Waals surface area (Å²) in [7, 11) is 0. The Hall–Kier alpha value is -0.0800. The van der Waals surface area contributed by atoms with Gasteiger partial charge in [-0.2, -0.15) is 0 Å². The van der Waals surface area contributed by atoms with Crippen molar-refractivity contribution in [3.8, 4) is 0 Å². The summed E-state index contributed by atoms with van der Waals surface area (Å²) in [5.74, 6) is 0.773. The molecule has 2 heteroatoms. The van der Waals surface area contributed by atoms with Crippen LogP contribution in [0.4, 0.5) is 0 Å². The van der Waals surface area contributed by atoms with Crippen LogP contribution in [0.25, 0.3) is 0 Å². The molecule has 0 aromatic heterocycles. The summed E-state index contributed by atoms with van der Waals surface area (Å²) in [5.41, 5.74) is 0.484. The van der Waals surface area contributed by atoms with E-state index in [1.54, 1.807) is 0 Å². The molecule has 2 saturated carbocycles. The fraction of sp³-hybridized carbons (Fsp3) is 1.00. The third kappa shape index (κ3) is 2.46. The van der Waals surface area contributed by atoms with Gasteiger partial charge in [0.05, 0.1) is 6.10 Å². The van der Waals surface area contributed by atoms with Gasteiger partial charge in [-0.15, -0.1) is 0 Å². The molecule has 2 aliphatic carbocycles. The van der Waals surface area contributed by atoms with Crippen molar-refractivity contribution >= 4 is 0 Å². The molecule has 0 radical (unpaired) electrons. The molecule has 4 unspecified atom stereocenters. The second-order valence-corrected chi connectivity index (χ2v) is 6.51. The lowest BCUT2D eigenvalue weighted by molar-refractivity contribution is -0.133. The third-order valence-electron chi connectivity index (χ3n) is 5.65. The van der Waals surface area contributed by atoms with Gasteiger partial charge in [-0.3, -0.25) is 0 Å². The van der Waals surface area contributed by atoms with Crippen LogP contribution in [0.2, 0.25) is 0 Å². The first-order valence-electron chi connectivity index (χ1n) is 8.01. The maximum atomic E-state index is 5.97. The molecule has 0 saturated heterocycles. The maximum absolute atomic E-state index is 5.97. The molecule has 0 aromatic rings. The van der Waals surface area contributed by atoms with E-state index in [0.29, 0.717) is 23.6 Å². The molecular formula is C16H31NO. The van der Waals surface area contributed by atoms with Gasteiger partial charge in [0, 0.05) is 24.1 Å². The van der Waals surface area contributed by atoms with E-state index >= 15 is 0 Å². The minimum Gasteiger partial charge on any atom is -0.378 e. The zero-order valence-corrected chi connectivity index (χ0v) is 12.7. The fourth-order valence-electron chi connectivity index (χ4n) is 3.96. The van der Waals surface area contributed by atoms with Gasteiger partial charge in [0.25, 0.3) is 0 Å². The molecule has 106 valence electrons. The Morgan fingerprint density at radius 2 is 1.89 bits per heavy atom.